The maximum absolute atomic E-state index is 11.8. The molecule has 0 spiro atoms. The molecule has 2 rings (SSSR count). The lowest BCUT2D eigenvalue weighted by molar-refractivity contribution is -0.142. The summed E-state index contributed by atoms with van der Waals surface area (Å²) in [5.74, 6) is -0.821. The third kappa shape index (κ3) is 4.32. The predicted octanol–water partition coefficient (Wildman–Crippen LogP) is 0.0970. The van der Waals surface area contributed by atoms with Crippen molar-refractivity contribution in [2.75, 3.05) is 31.6 Å². The molecule has 8 heteroatoms. The van der Waals surface area contributed by atoms with Crippen molar-refractivity contribution < 1.29 is 24.0 Å². The first-order valence-electron chi connectivity index (χ1n) is 6.32. The number of anilines is 1. The van der Waals surface area contributed by atoms with Crippen LogP contribution in [0.3, 0.4) is 0 Å². The van der Waals surface area contributed by atoms with Gasteiger partial charge in [0, 0.05) is 19.2 Å². The predicted molar refractivity (Wildman–Crippen MR) is 68.3 cm³/mol. The molecule has 8 nitrogen and oxygen atoms in total. The number of carbonyl (C=O) groups excluding carboxylic acids is 1. The van der Waals surface area contributed by atoms with Gasteiger partial charge in [-0.05, 0) is 6.92 Å². The van der Waals surface area contributed by atoms with Gasteiger partial charge in [0.25, 0.3) is 0 Å². The van der Waals surface area contributed by atoms with Crippen LogP contribution in [0, 0.1) is 6.92 Å². The minimum absolute atomic E-state index is 0.0561. The summed E-state index contributed by atoms with van der Waals surface area (Å²) in [6.45, 7) is 3.37. The topological polar surface area (TPSA) is 105 Å². The Balaban J connectivity index is 1.80. The summed E-state index contributed by atoms with van der Waals surface area (Å²) in [6, 6.07) is 1.63. The number of rotatable bonds is 5. The summed E-state index contributed by atoms with van der Waals surface area (Å²) in [5.41, 5.74) is 0.688. The highest BCUT2D eigenvalue weighted by molar-refractivity contribution is 5.90. The first-order valence-corrected chi connectivity index (χ1v) is 6.32. The van der Waals surface area contributed by atoms with Crippen molar-refractivity contribution in [3.63, 3.8) is 0 Å². The van der Waals surface area contributed by atoms with Crippen LogP contribution >= 0.6 is 0 Å². The third-order valence-electron chi connectivity index (χ3n) is 2.88. The molecule has 2 N–H and O–H groups in total. The highest BCUT2D eigenvalue weighted by Gasteiger charge is 2.24. The summed E-state index contributed by atoms with van der Waals surface area (Å²) >= 11 is 0. The fourth-order valence-electron chi connectivity index (χ4n) is 2.04. The Morgan fingerprint density at radius 2 is 2.40 bits per heavy atom. The molecule has 1 atom stereocenters. The van der Waals surface area contributed by atoms with E-state index in [9.17, 15) is 9.59 Å². The number of amides is 1. The molecule has 2 heterocycles. The van der Waals surface area contributed by atoms with E-state index < -0.39 is 5.97 Å². The molecule has 20 heavy (non-hydrogen) atoms. The zero-order chi connectivity index (χ0) is 14.5. The van der Waals surface area contributed by atoms with Crippen molar-refractivity contribution >= 4 is 17.8 Å². The second-order valence-corrected chi connectivity index (χ2v) is 4.71. The maximum Gasteiger partial charge on any atom is 0.306 e. The van der Waals surface area contributed by atoms with Crippen LogP contribution in [0.5, 0.6) is 0 Å². The van der Waals surface area contributed by atoms with Gasteiger partial charge in [-0.25, -0.2) is 0 Å². The van der Waals surface area contributed by atoms with Crippen molar-refractivity contribution in [2.24, 2.45) is 0 Å². The van der Waals surface area contributed by atoms with E-state index >= 15 is 0 Å². The molecule has 110 valence electrons. The number of nitrogens with one attached hydrogen (secondary N) is 1. The number of carboxylic acid groups (broad SMARTS) is 1. The lowest BCUT2D eigenvalue weighted by Crippen LogP contribution is -2.46. The first kappa shape index (κ1) is 14.5. The quantitative estimate of drug-likeness (QED) is 0.789. The molecule has 0 saturated carbocycles. The highest BCUT2D eigenvalue weighted by atomic mass is 16.5. The molecule has 1 aromatic rings. The number of aryl methyl sites for hydroxylation is 1. The average Bonchev–Trinajstić information content (AvgIpc) is 2.74. The molecule has 0 radical (unpaired) electrons. The Morgan fingerprint density at radius 3 is 3.05 bits per heavy atom. The van der Waals surface area contributed by atoms with Crippen LogP contribution in [0.15, 0.2) is 10.6 Å². The van der Waals surface area contributed by atoms with E-state index in [-0.39, 0.29) is 25.0 Å². The lowest BCUT2D eigenvalue weighted by Gasteiger charge is -2.31. The number of morpholine rings is 1. The summed E-state index contributed by atoms with van der Waals surface area (Å²) < 4.78 is 10.2. The summed E-state index contributed by atoms with van der Waals surface area (Å²) in [4.78, 5) is 24.3. The molecule has 1 aliphatic rings. The van der Waals surface area contributed by atoms with E-state index in [2.05, 4.69) is 10.5 Å². The fraction of sp³-hybridized carbons (Fsp3) is 0.583. The van der Waals surface area contributed by atoms with Gasteiger partial charge in [0.05, 0.1) is 31.4 Å². The van der Waals surface area contributed by atoms with Crippen LogP contribution in [0.1, 0.15) is 12.1 Å². The molecule has 0 bridgehead atoms. The zero-order valence-electron chi connectivity index (χ0n) is 11.2. The second-order valence-electron chi connectivity index (χ2n) is 4.71. The third-order valence-corrected chi connectivity index (χ3v) is 2.88. The van der Waals surface area contributed by atoms with Crippen molar-refractivity contribution in [1.29, 1.82) is 0 Å². The van der Waals surface area contributed by atoms with Crippen LogP contribution in [0.2, 0.25) is 0 Å². The molecule has 1 aromatic heterocycles. The number of hydrogen-bond acceptors (Lipinski definition) is 6. The van der Waals surface area contributed by atoms with Gasteiger partial charge in [0.2, 0.25) is 11.8 Å². The fourth-order valence-corrected chi connectivity index (χ4v) is 2.04. The van der Waals surface area contributed by atoms with Crippen LogP contribution in [0.25, 0.3) is 0 Å². The summed E-state index contributed by atoms with van der Waals surface area (Å²) in [6.07, 6.45) is -0.430. The van der Waals surface area contributed by atoms with Gasteiger partial charge in [-0.3, -0.25) is 19.8 Å². The molecule has 1 amide bonds. The molecule has 1 saturated heterocycles. The van der Waals surface area contributed by atoms with E-state index in [0.717, 1.165) is 0 Å². The Kier molecular flexibility index (Phi) is 4.70. The molecule has 1 aliphatic heterocycles. The van der Waals surface area contributed by atoms with E-state index in [4.69, 9.17) is 14.4 Å². The van der Waals surface area contributed by atoms with Crippen LogP contribution in [-0.2, 0) is 14.3 Å². The standard InChI is InChI=1S/C12H17N3O5/c1-8-4-11(20-14-8)13-10(16)7-15-2-3-19-9(6-15)5-12(17)18/h4,9H,2-3,5-7H2,1H3,(H,13,16)(H,17,18). The van der Waals surface area contributed by atoms with Crippen molar-refractivity contribution in [2.45, 2.75) is 19.4 Å². The molecular weight excluding hydrogens is 266 g/mol. The van der Waals surface area contributed by atoms with Gasteiger partial charge in [-0.2, -0.15) is 0 Å². The van der Waals surface area contributed by atoms with E-state index in [1.54, 1.807) is 13.0 Å². The van der Waals surface area contributed by atoms with Crippen molar-refractivity contribution in [3.8, 4) is 0 Å². The number of aliphatic carboxylic acids is 1. The monoisotopic (exact) mass is 283 g/mol. The number of nitrogens with zero attached hydrogens (tertiary/aromatic N) is 2. The molecule has 1 fully saturated rings. The van der Waals surface area contributed by atoms with Crippen molar-refractivity contribution in [1.82, 2.24) is 10.1 Å². The maximum atomic E-state index is 11.8. The van der Waals surface area contributed by atoms with Gasteiger partial charge in [-0.15, -0.1) is 0 Å². The van der Waals surface area contributed by atoms with E-state index in [1.807, 2.05) is 4.90 Å². The van der Waals surface area contributed by atoms with Gasteiger partial charge in [-0.1, -0.05) is 5.16 Å². The smallest absolute Gasteiger partial charge is 0.306 e. The van der Waals surface area contributed by atoms with Gasteiger partial charge in [0.1, 0.15) is 0 Å². The van der Waals surface area contributed by atoms with Crippen LogP contribution < -0.4 is 5.32 Å². The number of carbonyl (C=O) groups is 2. The zero-order valence-corrected chi connectivity index (χ0v) is 11.2. The second kappa shape index (κ2) is 6.49. The first-order chi connectivity index (χ1) is 9.52. The number of hydrogen-bond donors (Lipinski definition) is 2. The van der Waals surface area contributed by atoms with Crippen LogP contribution in [0.4, 0.5) is 5.88 Å². The minimum Gasteiger partial charge on any atom is -0.481 e. The number of aromatic nitrogens is 1. The SMILES string of the molecule is Cc1cc(NC(=O)CN2CCOC(CC(=O)O)C2)on1. The number of ether oxygens (including phenoxy) is 1. The lowest BCUT2D eigenvalue weighted by atomic mass is 10.2. The molecular formula is C12H17N3O5. The molecule has 0 aliphatic carbocycles. The van der Waals surface area contributed by atoms with E-state index in [1.165, 1.54) is 0 Å². The normalized spacial score (nSPS) is 19.8. The van der Waals surface area contributed by atoms with Gasteiger partial charge in [0.15, 0.2) is 0 Å². The average molecular weight is 283 g/mol. The summed E-state index contributed by atoms with van der Waals surface area (Å²) in [5, 5.41) is 15.0. The largest absolute Gasteiger partial charge is 0.481 e. The molecule has 0 aromatic carbocycles. The highest BCUT2D eigenvalue weighted by Crippen LogP contribution is 2.10. The Hall–Kier alpha value is -1.93. The van der Waals surface area contributed by atoms with Crippen LogP contribution in [-0.4, -0.2) is 59.4 Å². The Morgan fingerprint density at radius 1 is 1.60 bits per heavy atom. The van der Waals surface area contributed by atoms with Gasteiger partial charge < -0.3 is 14.4 Å². The number of carboxylic acids is 1. The Labute approximate surface area is 115 Å². The van der Waals surface area contributed by atoms with Crippen molar-refractivity contribution in [3.05, 3.63) is 11.8 Å². The molecule has 1 unspecified atom stereocenters. The van der Waals surface area contributed by atoms with Gasteiger partial charge >= 0.3 is 5.97 Å². The Bertz CT molecular complexity index is 487. The summed E-state index contributed by atoms with van der Waals surface area (Å²) in [7, 11) is 0. The minimum atomic E-state index is -0.904. The van der Waals surface area contributed by atoms with E-state index in [0.29, 0.717) is 31.3 Å².